The van der Waals surface area contributed by atoms with Gasteiger partial charge in [-0.1, -0.05) is 19.2 Å². The third kappa shape index (κ3) is 4.72. The highest BCUT2D eigenvalue weighted by atomic mass is 19.1. The predicted molar refractivity (Wildman–Crippen MR) is 114 cm³/mol. The lowest BCUT2D eigenvalue weighted by Gasteiger charge is -2.32. The molecule has 158 valence electrons. The third-order valence-electron chi connectivity index (χ3n) is 5.03. The molecule has 1 fully saturated rings. The lowest BCUT2D eigenvalue weighted by Crippen LogP contribution is -2.44. The third-order valence-corrected chi connectivity index (χ3v) is 5.03. The van der Waals surface area contributed by atoms with Crippen molar-refractivity contribution in [2.75, 3.05) is 32.8 Å². The number of hydrogen-bond acceptors (Lipinski definition) is 6. The van der Waals surface area contributed by atoms with E-state index in [4.69, 9.17) is 4.74 Å². The van der Waals surface area contributed by atoms with Crippen LogP contribution in [0.3, 0.4) is 0 Å². The van der Waals surface area contributed by atoms with Crippen molar-refractivity contribution in [3.63, 3.8) is 0 Å². The molecule has 0 aliphatic carbocycles. The molecule has 1 aromatic carbocycles. The number of morpholine rings is 1. The highest BCUT2D eigenvalue weighted by Gasteiger charge is 2.33. The van der Waals surface area contributed by atoms with Gasteiger partial charge in [0.1, 0.15) is 17.6 Å². The van der Waals surface area contributed by atoms with Crippen molar-refractivity contribution < 1.29 is 19.0 Å². The van der Waals surface area contributed by atoms with Crippen molar-refractivity contribution in [2.24, 2.45) is 9.98 Å². The Balaban J connectivity index is 2.12. The van der Waals surface area contributed by atoms with Crippen LogP contribution in [0.2, 0.25) is 0 Å². The predicted octanol–water partition coefficient (Wildman–Crippen LogP) is 2.62. The van der Waals surface area contributed by atoms with Crippen LogP contribution in [-0.2, 0) is 9.53 Å². The first kappa shape index (κ1) is 21.6. The number of aliphatic imine (C=N–C) groups is 2. The summed E-state index contributed by atoms with van der Waals surface area (Å²) < 4.78 is 19.1. The Morgan fingerprint density at radius 2 is 2.17 bits per heavy atom. The fraction of sp³-hybridized carbons (Fsp3) is 0.318. The number of nitrogens with zero attached hydrogens (tertiary/aromatic N) is 3. The first-order valence-electron chi connectivity index (χ1n) is 9.63. The zero-order chi connectivity index (χ0) is 21.7. The Hall–Kier alpha value is -3.10. The number of carboxylic acids is 1. The molecule has 3 rings (SSSR count). The lowest BCUT2D eigenvalue weighted by molar-refractivity contribution is -0.133. The summed E-state index contributed by atoms with van der Waals surface area (Å²) in [5.41, 5.74) is 2.33. The molecule has 0 bridgehead atoms. The summed E-state index contributed by atoms with van der Waals surface area (Å²) in [6.07, 6.45) is 2.90. The van der Waals surface area contributed by atoms with E-state index in [1.165, 1.54) is 24.4 Å². The van der Waals surface area contributed by atoms with E-state index in [-0.39, 0.29) is 11.4 Å². The van der Waals surface area contributed by atoms with Gasteiger partial charge in [-0.2, -0.15) is 0 Å². The van der Waals surface area contributed by atoms with Gasteiger partial charge < -0.3 is 15.2 Å². The summed E-state index contributed by atoms with van der Waals surface area (Å²) >= 11 is 0. The average Bonchev–Trinajstić information content (AvgIpc) is 2.72. The van der Waals surface area contributed by atoms with Gasteiger partial charge in [-0.15, -0.1) is 0 Å². The summed E-state index contributed by atoms with van der Waals surface area (Å²) in [5.74, 6) is -1.07. The fourth-order valence-electron chi connectivity index (χ4n) is 3.56. The van der Waals surface area contributed by atoms with E-state index in [2.05, 4.69) is 33.4 Å². The Labute approximate surface area is 175 Å². The zero-order valence-corrected chi connectivity index (χ0v) is 16.9. The van der Waals surface area contributed by atoms with Crippen molar-refractivity contribution in [2.45, 2.75) is 13.0 Å². The lowest BCUT2D eigenvalue weighted by atomic mass is 9.92. The van der Waals surface area contributed by atoms with Crippen LogP contribution in [0.25, 0.3) is 0 Å². The van der Waals surface area contributed by atoms with Gasteiger partial charge >= 0.3 is 5.97 Å². The minimum Gasteiger partial charge on any atom is -0.478 e. The van der Waals surface area contributed by atoms with Crippen LogP contribution in [0.4, 0.5) is 4.39 Å². The largest absolute Gasteiger partial charge is 0.478 e. The van der Waals surface area contributed by atoms with Crippen LogP contribution >= 0.6 is 0 Å². The summed E-state index contributed by atoms with van der Waals surface area (Å²) in [5, 5.41) is 13.2. The summed E-state index contributed by atoms with van der Waals surface area (Å²) in [6, 6.07) is 3.45. The van der Waals surface area contributed by atoms with E-state index in [1.807, 2.05) is 0 Å². The van der Waals surface area contributed by atoms with Crippen LogP contribution in [-0.4, -0.2) is 60.4 Å². The molecule has 0 saturated carbocycles. The molecule has 1 saturated heterocycles. The second kappa shape index (κ2) is 9.60. The number of carbonyl (C=O) groups is 1. The number of rotatable bonds is 7. The van der Waals surface area contributed by atoms with E-state index >= 15 is 0 Å². The highest BCUT2D eigenvalue weighted by Crippen LogP contribution is 2.33. The van der Waals surface area contributed by atoms with E-state index in [1.54, 1.807) is 13.0 Å². The van der Waals surface area contributed by atoms with Gasteiger partial charge in [0.25, 0.3) is 0 Å². The molecule has 2 N–H and O–H groups in total. The highest BCUT2D eigenvalue weighted by molar-refractivity contribution is 6.46. The molecule has 1 atom stereocenters. The molecule has 2 aliphatic heterocycles. The molecular formula is C22H25FN4O3. The standard InChI is InChI=1S/C22H25FN4O3/c1-4-17(24-5-2)21-25-18(13-27-8-10-30-11-9-27)19(22(28)29)20(26-21)16-7-6-15(23)12-14(16)3/h4-7,12,20H,1-2,8-11,13H2,3H3,(H,25,26)(H,28,29). The van der Waals surface area contributed by atoms with Crippen LogP contribution in [0.15, 0.2) is 64.9 Å². The van der Waals surface area contributed by atoms with Crippen LogP contribution in [0, 0.1) is 12.7 Å². The van der Waals surface area contributed by atoms with Gasteiger partial charge in [-0.3, -0.25) is 14.9 Å². The number of nitrogens with one attached hydrogen (secondary N) is 1. The Kier molecular flexibility index (Phi) is 6.91. The van der Waals surface area contributed by atoms with Gasteiger partial charge in [0.05, 0.1) is 18.8 Å². The van der Waals surface area contributed by atoms with E-state index in [0.717, 1.165) is 0 Å². The number of aliphatic carboxylic acids is 1. The maximum Gasteiger partial charge on any atom is 0.335 e. The van der Waals surface area contributed by atoms with Gasteiger partial charge in [0, 0.05) is 31.5 Å². The minimum atomic E-state index is -1.08. The number of ether oxygens (including phenoxy) is 1. The smallest absolute Gasteiger partial charge is 0.335 e. The molecule has 0 aromatic heterocycles. The van der Waals surface area contributed by atoms with Crippen molar-refractivity contribution in [3.8, 4) is 0 Å². The second-order valence-electron chi connectivity index (χ2n) is 6.99. The average molecular weight is 412 g/mol. The topological polar surface area (TPSA) is 86.5 Å². The molecule has 2 heterocycles. The monoisotopic (exact) mass is 412 g/mol. The molecular weight excluding hydrogens is 387 g/mol. The Bertz CT molecular complexity index is 946. The van der Waals surface area contributed by atoms with Gasteiger partial charge in [-0.05, 0) is 36.3 Å². The molecule has 30 heavy (non-hydrogen) atoms. The molecule has 1 unspecified atom stereocenters. The van der Waals surface area contributed by atoms with Crippen molar-refractivity contribution in [1.29, 1.82) is 0 Å². The SMILES string of the molecule is C=CN=C(C=C)C1=NC(c2ccc(F)cc2C)C(C(=O)O)=C(CN2CCOCC2)N1. The van der Waals surface area contributed by atoms with Gasteiger partial charge in [-0.25, -0.2) is 9.18 Å². The zero-order valence-electron chi connectivity index (χ0n) is 16.9. The first-order chi connectivity index (χ1) is 14.4. The number of aryl methyl sites for hydroxylation is 1. The van der Waals surface area contributed by atoms with Crippen molar-refractivity contribution >= 4 is 17.5 Å². The van der Waals surface area contributed by atoms with Crippen LogP contribution in [0.1, 0.15) is 17.2 Å². The fourth-order valence-corrected chi connectivity index (χ4v) is 3.56. The maximum atomic E-state index is 13.7. The number of carboxylic acid groups (broad SMARTS) is 1. The molecule has 1 aromatic rings. The van der Waals surface area contributed by atoms with Gasteiger partial charge in [0.2, 0.25) is 0 Å². The van der Waals surface area contributed by atoms with E-state index < -0.39 is 12.0 Å². The molecule has 8 heteroatoms. The van der Waals surface area contributed by atoms with E-state index in [0.29, 0.717) is 61.2 Å². The van der Waals surface area contributed by atoms with Crippen LogP contribution < -0.4 is 5.32 Å². The molecule has 7 nitrogen and oxygen atoms in total. The summed E-state index contributed by atoms with van der Waals surface area (Å²) in [7, 11) is 0. The summed E-state index contributed by atoms with van der Waals surface area (Å²) in [6.45, 7) is 12.1. The number of hydrogen-bond donors (Lipinski definition) is 2. The second-order valence-corrected chi connectivity index (χ2v) is 6.99. The molecule has 0 amide bonds. The molecule has 2 aliphatic rings. The van der Waals surface area contributed by atoms with Crippen molar-refractivity contribution in [3.05, 3.63) is 71.8 Å². The molecule has 0 radical (unpaired) electrons. The number of halogens is 1. The van der Waals surface area contributed by atoms with E-state index in [9.17, 15) is 14.3 Å². The maximum absolute atomic E-state index is 13.7. The normalized spacial score (nSPS) is 20.4. The minimum absolute atomic E-state index is 0.127. The number of benzene rings is 1. The first-order valence-corrected chi connectivity index (χ1v) is 9.63. The quantitative estimate of drug-likeness (QED) is 0.673. The molecule has 0 spiro atoms. The van der Waals surface area contributed by atoms with Crippen LogP contribution in [0.5, 0.6) is 0 Å². The number of amidine groups is 1. The Morgan fingerprint density at radius 3 is 2.77 bits per heavy atom. The summed E-state index contributed by atoms with van der Waals surface area (Å²) in [4.78, 5) is 23.2. The van der Waals surface area contributed by atoms with Gasteiger partial charge in [0.15, 0.2) is 5.84 Å². The van der Waals surface area contributed by atoms with Crippen molar-refractivity contribution in [1.82, 2.24) is 10.2 Å². The Morgan fingerprint density at radius 1 is 1.43 bits per heavy atom.